The topological polar surface area (TPSA) is 144 Å². The number of H-pyrrole nitrogens is 1. The lowest BCUT2D eigenvalue weighted by Gasteiger charge is -2.35. The van der Waals surface area contributed by atoms with Crippen molar-refractivity contribution in [1.82, 2.24) is 9.55 Å². The van der Waals surface area contributed by atoms with Gasteiger partial charge in [-0.1, -0.05) is 0 Å². The number of nitrogens with one attached hydrogen (secondary N) is 1. The fraction of sp³-hybridized carbons (Fsp3) is 0.615. The van der Waals surface area contributed by atoms with Crippen LogP contribution in [0.3, 0.4) is 0 Å². The molecule has 2 saturated heterocycles. The van der Waals surface area contributed by atoms with E-state index in [4.69, 9.17) is 14.0 Å². The molecule has 2 aliphatic rings. The van der Waals surface area contributed by atoms with E-state index in [9.17, 15) is 24.5 Å². The molecule has 5 atom stereocenters. The molecule has 11 heteroatoms. The number of hydrogen-bond donors (Lipinski definition) is 2. The van der Waals surface area contributed by atoms with E-state index >= 15 is 0 Å². The van der Waals surface area contributed by atoms with E-state index in [0.29, 0.717) is 0 Å². The third-order valence-corrected chi connectivity index (χ3v) is 4.70. The van der Waals surface area contributed by atoms with Gasteiger partial charge in [0.05, 0.1) is 6.61 Å². The van der Waals surface area contributed by atoms with Crippen molar-refractivity contribution < 1.29 is 23.7 Å². The molecule has 0 amide bonds. The molecule has 2 N–H and O–H groups in total. The summed E-state index contributed by atoms with van der Waals surface area (Å²) in [5, 5.41) is 20.1. The Morgan fingerprint density at radius 1 is 1.62 bits per heavy atom. The quantitative estimate of drug-likeness (QED) is 0.650. The average Bonchev–Trinajstić information content (AvgIpc) is 2.98. The van der Waals surface area contributed by atoms with E-state index in [-0.39, 0.29) is 18.8 Å². The van der Waals surface area contributed by atoms with Crippen LogP contribution in [0.2, 0.25) is 0 Å². The monoisotopic (exact) mass is 356 g/mol. The van der Waals surface area contributed by atoms with Crippen LogP contribution in [0.15, 0.2) is 15.8 Å². The van der Waals surface area contributed by atoms with Crippen LogP contribution in [0.4, 0.5) is 0 Å². The molecule has 0 saturated carbocycles. The number of aromatic nitrogens is 2. The van der Waals surface area contributed by atoms with Crippen molar-refractivity contribution in [1.29, 1.82) is 5.26 Å². The molecule has 0 radical (unpaired) electrons. The Morgan fingerprint density at radius 3 is 2.96 bits per heavy atom. The van der Waals surface area contributed by atoms with Crippen molar-refractivity contribution in [2.75, 3.05) is 19.9 Å². The molecular weight excluding hydrogens is 341 g/mol. The number of hydrogen-bond acceptors (Lipinski definition) is 8. The summed E-state index contributed by atoms with van der Waals surface area (Å²) in [6.45, 7) is 2.46. The Kier molecular flexibility index (Phi) is 3.94. The Hall–Kier alpha value is -1.89. The van der Waals surface area contributed by atoms with E-state index in [1.165, 1.54) is 19.8 Å². The van der Waals surface area contributed by atoms with Crippen molar-refractivity contribution in [3.05, 3.63) is 32.6 Å². The molecule has 3 rings (SSSR count). The summed E-state index contributed by atoms with van der Waals surface area (Å²) in [7, 11) is -1.96. The van der Waals surface area contributed by atoms with Crippen LogP contribution in [0.25, 0.3) is 0 Å². The third-order valence-electron chi connectivity index (χ3n) is 4.21. The molecule has 0 aliphatic carbocycles. The minimum absolute atomic E-state index is 0.0808. The molecule has 0 aromatic carbocycles. The van der Waals surface area contributed by atoms with Crippen molar-refractivity contribution >= 4 is 8.03 Å². The Bertz CT molecular complexity index is 858. The molecule has 0 spiro atoms. The maximum absolute atomic E-state index is 12.2. The Balaban J connectivity index is 2.09. The lowest BCUT2D eigenvalue weighted by atomic mass is 9.98. The van der Waals surface area contributed by atoms with E-state index in [1.807, 2.05) is 6.07 Å². The minimum atomic E-state index is -1.97. The number of aromatic amines is 1. The van der Waals surface area contributed by atoms with Gasteiger partial charge >= 0.3 is 13.7 Å². The zero-order chi connectivity index (χ0) is 17.7. The minimum Gasteiger partial charge on any atom is -0.387 e. The molecule has 24 heavy (non-hydrogen) atoms. The fourth-order valence-electron chi connectivity index (χ4n) is 2.96. The highest BCUT2D eigenvalue weighted by Crippen LogP contribution is 2.48. The summed E-state index contributed by atoms with van der Waals surface area (Å²) in [5.41, 5.74) is -4.66. The number of rotatable bonds is 4. The van der Waals surface area contributed by atoms with Crippen molar-refractivity contribution in [2.24, 2.45) is 0 Å². The van der Waals surface area contributed by atoms with Gasteiger partial charge in [-0.05, 0) is 11.5 Å². The third kappa shape index (κ3) is 2.25. The maximum atomic E-state index is 12.2. The van der Waals surface area contributed by atoms with Gasteiger partial charge < -0.3 is 14.6 Å². The van der Waals surface area contributed by atoms with Gasteiger partial charge in [-0.2, -0.15) is 5.26 Å². The van der Waals surface area contributed by atoms with E-state index in [1.54, 1.807) is 0 Å². The highest BCUT2D eigenvalue weighted by molar-refractivity contribution is 7.38. The summed E-state index contributed by atoms with van der Waals surface area (Å²) in [6, 6.07) is 1.86. The molecule has 3 heterocycles. The molecule has 1 aromatic heterocycles. The predicted molar refractivity (Wildman–Crippen MR) is 78.7 cm³/mol. The van der Waals surface area contributed by atoms with Crippen molar-refractivity contribution in [3.8, 4) is 6.07 Å². The SMILES string of the molecule is Cc1cn([C@]2(C#N)O[C@@]3(CO[P+](C)=O)CO[C@@H]2[C@@H]3O)c(=O)[nH]c1=O. The van der Waals surface area contributed by atoms with Crippen LogP contribution < -0.4 is 11.2 Å². The van der Waals surface area contributed by atoms with Gasteiger partial charge in [0.1, 0.15) is 24.9 Å². The number of nitriles is 1. The van der Waals surface area contributed by atoms with Crippen LogP contribution in [0.1, 0.15) is 5.56 Å². The highest BCUT2D eigenvalue weighted by Gasteiger charge is 2.71. The van der Waals surface area contributed by atoms with Gasteiger partial charge in [0.2, 0.25) is 0 Å². The van der Waals surface area contributed by atoms with Crippen molar-refractivity contribution in [2.45, 2.75) is 30.5 Å². The second-order valence-electron chi connectivity index (χ2n) is 5.81. The van der Waals surface area contributed by atoms with Crippen LogP contribution in [-0.2, 0) is 24.3 Å². The smallest absolute Gasteiger partial charge is 0.387 e. The van der Waals surface area contributed by atoms with Crippen LogP contribution in [-0.4, -0.2) is 52.3 Å². The highest BCUT2D eigenvalue weighted by atomic mass is 31.1. The first-order valence-corrected chi connectivity index (χ1v) is 8.66. The standard InChI is InChI=1S/C13H14N3O7P/c1-7-3-16(11(19)15-10(7)18)13(4-14)9-8(17)12(23-13,5-21-9)6-22-24(2)20/h3,8-9,17H,5-6H2,1-2H3/p+1/t8-,9+,12+,13+/m0/s1. The normalized spacial score (nSPS) is 35.0. The molecule has 2 bridgehead atoms. The number of aliphatic hydroxyl groups excluding tert-OH is 1. The second kappa shape index (κ2) is 5.58. The number of nitrogens with zero attached hydrogens (tertiary/aromatic N) is 2. The Labute approximate surface area is 136 Å². The zero-order valence-electron chi connectivity index (χ0n) is 12.9. The van der Waals surface area contributed by atoms with Gasteiger partial charge in [-0.25, -0.2) is 4.79 Å². The first-order valence-electron chi connectivity index (χ1n) is 7.04. The van der Waals surface area contributed by atoms with Crippen LogP contribution in [0.5, 0.6) is 0 Å². The molecule has 2 fully saturated rings. The number of ether oxygens (including phenoxy) is 2. The summed E-state index contributed by atoms with van der Waals surface area (Å²) >= 11 is 0. The van der Waals surface area contributed by atoms with E-state index in [2.05, 4.69) is 4.98 Å². The lowest BCUT2D eigenvalue weighted by Crippen LogP contribution is -2.54. The van der Waals surface area contributed by atoms with Crippen LogP contribution in [0, 0.1) is 18.3 Å². The van der Waals surface area contributed by atoms with Gasteiger partial charge in [0.15, 0.2) is 12.3 Å². The van der Waals surface area contributed by atoms with Gasteiger partial charge in [0, 0.05) is 11.8 Å². The average molecular weight is 356 g/mol. The first kappa shape index (κ1) is 17.0. The summed E-state index contributed by atoms with van der Waals surface area (Å²) < 4.78 is 28.4. The molecular formula is C13H15N3O7P+. The lowest BCUT2D eigenvalue weighted by molar-refractivity contribution is -0.222. The van der Waals surface area contributed by atoms with E-state index in [0.717, 1.165) is 4.57 Å². The second-order valence-corrected chi connectivity index (χ2v) is 6.94. The Morgan fingerprint density at radius 2 is 2.33 bits per heavy atom. The maximum Gasteiger partial charge on any atom is 0.504 e. The summed E-state index contributed by atoms with van der Waals surface area (Å²) in [6.07, 6.45) is -1.26. The first-order chi connectivity index (χ1) is 11.3. The molecule has 128 valence electrons. The molecule has 2 aliphatic heterocycles. The van der Waals surface area contributed by atoms with Crippen molar-refractivity contribution in [3.63, 3.8) is 0 Å². The molecule has 1 unspecified atom stereocenters. The van der Waals surface area contributed by atoms with Crippen LogP contribution >= 0.6 is 8.03 Å². The zero-order valence-corrected chi connectivity index (χ0v) is 13.8. The van der Waals surface area contributed by atoms with Gasteiger partial charge in [0.25, 0.3) is 11.3 Å². The number of aryl methyl sites for hydroxylation is 1. The molecule has 10 nitrogen and oxygen atoms in total. The van der Waals surface area contributed by atoms with Gasteiger partial charge in [-0.3, -0.25) is 14.3 Å². The van der Waals surface area contributed by atoms with E-state index < -0.39 is 42.8 Å². The summed E-state index contributed by atoms with van der Waals surface area (Å²) in [4.78, 5) is 25.8. The predicted octanol–water partition coefficient (Wildman–Crippen LogP) is -1.06. The molecule has 1 aromatic rings. The largest absolute Gasteiger partial charge is 0.504 e. The summed E-state index contributed by atoms with van der Waals surface area (Å²) in [5.74, 6) is 0. The number of fused-ring (bicyclic) bond motifs is 2. The van der Waals surface area contributed by atoms with Gasteiger partial charge in [-0.15, -0.1) is 4.52 Å². The fourth-order valence-corrected chi connectivity index (χ4v) is 3.37. The number of aliphatic hydroxyl groups is 1.